The van der Waals surface area contributed by atoms with Gasteiger partial charge in [0.1, 0.15) is 6.54 Å². The zero-order valence-electron chi connectivity index (χ0n) is 21.5. The van der Waals surface area contributed by atoms with Gasteiger partial charge in [-0.3, -0.25) is 0 Å². The minimum atomic E-state index is -2.94. The standard InChI is InChI=1S/C31H43NOP/c1-4-7-23-32(24-8-5-2,25-9-6-3)27-28-17-16-22-31(26-28)34(33,29-18-12-10-13-19-29)30-20-14-11-15-21-30/h10-22,26H,4-9,23-25,27H2,1-3H3/q+1. The van der Waals surface area contributed by atoms with Gasteiger partial charge >= 0.3 is 0 Å². The first-order valence-electron chi connectivity index (χ1n) is 13.2. The molecule has 3 heteroatoms. The summed E-state index contributed by atoms with van der Waals surface area (Å²) >= 11 is 0. The van der Waals surface area contributed by atoms with Crippen LogP contribution in [0.5, 0.6) is 0 Å². The molecule has 3 aromatic rings. The first-order chi connectivity index (χ1) is 16.6. The van der Waals surface area contributed by atoms with Gasteiger partial charge in [-0.15, -0.1) is 0 Å². The summed E-state index contributed by atoms with van der Waals surface area (Å²) in [6.45, 7) is 11.6. The molecule has 2 nitrogen and oxygen atoms in total. The lowest BCUT2D eigenvalue weighted by Crippen LogP contribution is -2.49. The molecule has 0 aliphatic carbocycles. The summed E-state index contributed by atoms with van der Waals surface area (Å²) in [5.41, 5.74) is 1.31. The highest BCUT2D eigenvalue weighted by molar-refractivity contribution is 7.85. The molecular formula is C31H43NOP+. The average molecular weight is 477 g/mol. The highest BCUT2D eigenvalue weighted by Crippen LogP contribution is 2.42. The minimum Gasteiger partial charge on any atom is -0.320 e. The lowest BCUT2D eigenvalue weighted by atomic mass is 10.1. The van der Waals surface area contributed by atoms with Gasteiger partial charge in [0.05, 0.1) is 19.6 Å². The monoisotopic (exact) mass is 476 g/mol. The summed E-state index contributed by atoms with van der Waals surface area (Å²) < 4.78 is 16.0. The highest BCUT2D eigenvalue weighted by Gasteiger charge is 2.31. The van der Waals surface area contributed by atoms with Crippen molar-refractivity contribution in [1.82, 2.24) is 0 Å². The Morgan fingerprint density at radius 3 is 1.47 bits per heavy atom. The molecule has 0 amide bonds. The van der Waals surface area contributed by atoms with Gasteiger partial charge in [0.2, 0.25) is 0 Å². The van der Waals surface area contributed by atoms with Gasteiger partial charge in [-0.2, -0.15) is 0 Å². The summed E-state index contributed by atoms with van der Waals surface area (Å²) in [5.74, 6) is 0. The van der Waals surface area contributed by atoms with E-state index in [2.05, 4.69) is 45.0 Å². The molecule has 0 spiro atoms. The van der Waals surface area contributed by atoms with Crippen molar-refractivity contribution in [3.8, 4) is 0 Å². The third kappa shape index (κ3) is 6.49. The summed E-state index contributed by atoms with van der Waals surface area (Å²) in [6, 6.07) is 28.7. The average Bonchev–Trinajstić information content (AvgIpc) is 2.90. The molecule has 3 aromatic carbocycles. The Kier molecular flexibility index (Phi) is 10.2. The van der Waals surface area contributed by atoms with Crippen LogP contribution in [0.15, 0.2) is 84.9 Å². The second kappa shape index (κ2) is 13.1. The van der Waals surface area contributed by atoms with Crippen LogP contribution in [0.1, 0.15) is 64.9 Å². The normalized spacial score (nSPS) is 12.1. The van der Waals surface area contributed by atoms with Crippen LogP contribution < -0.4 is 15.9 Å². The second-order valence-corrected chi connectivity index (χ2v) is 12.4. The van der Waals surface area contributed by atoms with Gasteiger partial charge < -0.3 is 9.05 Å². The molecule has 0 unspecified atom stereocenters. The van der Waals surface area contributed by atoms with Crippen LogP contribution in [0, 0.1) is 0 Å². The molecule has 0 aromatic heterocycles. The first kappa shape index (κ1) is 26.5. The Balaban J connectivity index is 2.04. The van der Waals surface area contributed by atoms with E-state index in [9.17, 15) is 4.57 Å². The quantitative estimate of drug-likeness (QED) is 0.180. The van der Waals surface area contributed by atoms with Gasteiger partial charge in [-0.25, -0.2) is 0 Å². The van der Waals surface area contributed by atoms with Gasteiger partial charge in [0.25, 0.3) is 0 Å². The molecule has 0 aliphatic rings. The SMILES string of the molecule is CCCC[N+](CCCC)(CCCC)Cc1cccc(P(=O)(c2ccccc2)c2ccccc2)c1. The Morgan fingerprint density at radius 2 is 1.03 bits per heavy atom. The molecule has 0 bridgehead atoms. The predicted molar refractivity (Wildman–Crippen MR) is 149 cm³/mol. The molecule has 0 saturated heterocycles. The number of rotatable bonds is 14. The highest BCUT2D eigenvalue weighted by atomic mass is 31.2. The number of hydrogen-bond donors (Lipinski definition) is 0. The van der Waals surface area contributed by atoms with Crippen LogP contribution >= 0.6 is 7.14 Å². The third-order valence-electron chi connectivity index (χ3n) is 6.99. The Bertz CT molecular complexity index is 966. The molecular weight excluding hydrogens is 433 g/mol. The topological polar surface area (TPSA) is 17.1 Å². The molecule has 182 valence electrons. The van der Waals surface area contributed by atoms with Crippen molar-refractivity contribution < 1.29 is 9.05 Å². The summed E-state index contributed by atoms with van der Waals surface area (Å²) in [6.07, 6.45) is 7.49. The van der Waals surface area contributed by atoms with Crippen molar-refractivity contribution in [2.45, 2.75) is 65.8 Å². The Hall–Kier alpha value is -2.15. The van der Waals surface area contributed by atoms with Crippen molar-refractivity contribution in [3.63, 3.8) is 0 Å². The molecule has 3 rings (SSSR count). The lowest BCUT2D eigenvalue weighted by molar-refractivity contribution is -0.941. The molecule has 0 atom stereocenters. The fourth-order valence-electron chi connectivity index (χ4n) is 5.01. The maximum absolute atomic E-state index is 14.8. The van der Waals surface area contributed by atoms with Crippen molar-refractivity contribution in [2.75, 3.05) is 19.6 Å². The summed E-state index contributed by atoms with van der Waals surface area (Å²) in [5, 5.41) is 2.76. The van der Waals surface area contributed by atoms with Crippen LogP contribution in [0.25, 0.3) is 0 Å². The third-order valence-corrected chi connectivity index (χ3v) is 10.0. The molecule has 0 radical (unpaired) electrons. The van der Waals surface area contributed by atoms with E-state index in [1.165, 1.54) is 63.7 Å². The van der Waals surface area contributed by atoms with Crippen molar-refractivity contribution >= 4 is 23.1 Å². The smallest absolute Gasteiger partial charge is 0.171 e. The van der Waals surface area contributed by atoms with E-state index in [1.807, 2.05) is 60.7 Å². The van der Waals surface area contributed by atoms with Crippen LogP contribution in [0.3, 0.4) is 0 Å². The predicted octanol–water partition coefficient (Wildman–Crippen LogP) is 7.04. The van der Waals surface area contributed by atoms with Crippen LogP contribution in [-0.2, 0) is 11.1 Å². The van der Waals surface area contributed by atoms with Gasteiger partial charge in [0, 0.05) is 21.5 Å². The van der Waals surface area contributed by atoms with Gasteiger partial charge in [0.15, 0.2) is 7.14 Å². The maximum atomic E-state index is 14.8. The van der Waals surface area contributed by atoms with E-state index in [0.29, 0.717) is 0 Å². The Labute approximate surface area is 208 Å². The van der Waals surface area contributed by atoms with Gasteiger partial charge in [-0.1, -0.05) is 119 Å². The van der Waals surface area contributed by atoms with E-state index in [0.717, 1.165) is 26.9 Å². The zero-order valence-corrected chi connectivity index (χ0v) is 22.4. The minimum absolute atomic E-state index is 0.905. The van der Waals surface area contributed by atoms with Crippen LogP contribution in [0.4, 0.5) is 0 Å². The molecule has 0 heterocycles. The van der Waals surface area contributed by atoms with Crippen molar-refractivity contribution in [1.29, 1.82) is 0 Å². The first-order valence-corrected chi connectivity index (χ1v) is 14.9. The largest absolute Gasteiger partial charge is 0.320 e. The zero-order chi connectivity index (χ0) is 24.3. The lowest BCUT2D eigenvalue weighted by Gasteiger charge is -2.39. The van der Waals surface area contributed by atoms with E-state index < -0.39 is 7.14 Å². The number of hydrogen-bond acceptors (Lipinski definition) is 1. The van der Waals surface area contributed by atoms with E-state index in [-0.39, 0.29) is 0 Å². The number of nitrogens with zero attached hydrogens (tertiary/aromatic N) is 1. The van der Waals surface area contributed by atoms with Crippen LogP contribution in [0.2, 0.25) is 0 Å². The van der Waals surface area contributed by atoms with E-state index in [1.54, 1.807) is 0 Å². The number of unbranched alkanes of at least 4 members (excludes halogenated alkanes) is 3. The molecule has 0 aliphatic heterocycles. The van der Waals surface area contributed by atoms with Crippen molar-refractivity contribution in [2.24, 2.45) is 0 Å². The fraction of sp³-hybridized carbons (Fsp3) is 0.419. The molecule has 0 saturated carbocycles. The van der Waals surface area contributed by atoms with Crippen LogP contribution in [-0.4, -0.2) is 24.1 Å². The van der Waals surface area contributed by atoms with E-state index in [4.69, 9.17) is 0 Å². The number of quaternary nitrogens is 1. The second-order valence-electron chi connectivity index (χ2n) is 9.68. The van der Waals surface area contributed by atoms with E-state index >= 15 is 0 Å². The Morgan fingerprint density at radius 1 is 0.588 bits per heavy atom. The maximum Gasteiger partial charge on any atom is 0.171 e. The molecule has 34 heavy (non-hydrogen) atoms. The molecule has 0 fully saturated rings. The molecule has 0 N–H and O–H groups in total. The van der Waals surface area contributed by atoms with Crippen molar-refractivity contribution in [3.05, 3.63) is 90.5 Å². The number of benzene rings is 3. The fourth-order valence-corrected chi connectivity index (χ4v) is 7.74. The summed E-state index contributed by atoms with van der Waals surface area (Å²) in [4.78, 5) is 0. The summed E-state index contributed by atoms with van der Waals surface area (Å²) in [7, 11) is -2.94. The van der Waals surface area contributed by atoms with Gasteiger partial charge in [-0.05, 0) is 25.3 Å².